The number of aromatic nitrogens is 1. The maximum Gasteiger partial charge on any atom is 0.490 e. The van der Waals surface area contributed by atoms with Crippen molar-refractivity contribution in [2.45, 2.75) is 44.3 Å². The van der Waals surface area contributed by atoms with Gasteiger partial charge in [-0.25, -0.2) is 9.59 Å². The molecule has 2 N–H and O–H groups in total. The first-order valence-corrected chi connectivity index (χ1v) is 10.0. The third-order valence-corrected chi connectivity index (χ3v) is 5.15. The van der Waals surface area contributed by atoms with E-state index in [1.807, 2.05) is 12.3 Å². The van der Waals surface area contributed by atoms with Crippen LogP contribution in [0.15, 0.2) is 24.4 Å². The van der Waals surface area contributed by atoms with Crippen molar-refractivity contribution in [3.63, 3.8) is 0 Å². The highest BCUT2D eigenvalue weighted by Gasteiger charge is 2.42. The lowest BCUT2D eigenvalue weighted by molar-refractivity contribution is -0.193. The molecule has 3 rings (SSSR count). The Balaban J connectivity index is 0.000000343. The Hall–Kier alpha value is -2.45. The second-order valence-corrected chi connectivity index (χ2v) is 7.80. The molecule has 1 atom stereocenters. The van der Waals surface area contributed by atoms with E-state index in [0.717, 1.165) is 39.3 Å². The zero-order chi connectivity index (χ0) is 26.0. The summed E-state index contributed by atoms with van der Waals surface area (Å²) < 4.78 is 74.6. The van der Waals surface area contributed by atoms with Crippen LogP contribution in [-0.4, -0.2) is 83.9 Å². The molecule has 0 saturated carbocycles. The van der Waals surface area contributed by atoms with Crippen LogP contribution in [0.25, 0.3) is 0 Å². The number of likely N-dealkylation sites (tertiary alicyclic amines) is 1. The van der Waals surface area contributed by atoms with Gasteiger partial charge >= 0.3 is 24.3 Å². The lowest BCUT2D eigenvalue weighted by Gasteiger charge is -2.38. The van der Waals surface area contributed by atoms with Gasteiger partial charge < -0.3 is 19.7 Å². The number of ether oxygens (including phenoxy) is 2. The van der Waals surface area contributed by atoms with E-state index in [9.17, 15) is 26.3 Å². The van der Waals surface area contributed by atoms with E-state index in [4.69, 9.17) is 29.3 Å². The summed E-state index contributed by atoms with van der Waals surface area (Å²) in [5.74, 6) is -5.51. The van der Waals surface area contributed by atoms with Crippen molar-refractivity contribution in [1.82, 2.24) is 9.88 Å². The number of carboxylic acids is 2. The number of hydrogen-bond acceptors (Lipinski definition) is 6. The van der Waals surface area contributed by atoms with Gasteiger partial charge in [0.05, 0.1) is 25.0 Å². The van der Waals surface area contributed by atoms with Crippen LogP contribution in [-0.2, 0) is 25.6 Å². The van der Waals surface area contributed by atoms with Gasteiger partial charge in [0.2, 0.25) is 0 Å². The lowest BCUT2D eigenvalue weighted by atomic mass is 9.76. The Morgan fingerprint density at radius 3 is 2.06 bits per heavy atom. The van der Waals surface area contributed by atoms with Crippen LogP contribution in [0.1, 0.15) is 25.0 Å². The molecule has 2 saturated heterocycles. The van der Waals surface area contributed by atoms with Gasteiger partial charge in [0.15, 0.2) is 0 Å². The summed E-state index contributed by atoms with van der Waals surface area (Å²) in [5.41, 5.74) is 1.58. The quantitative estimate of drug-likeness (QED) is 0.601. The van der Waals surface area contributed by atoms with Crippen LogP contribution in [0.4, 0.5) is 26.3 Å². The van der Waals surface area contributed by atoms with Crippen LogP contribution in [0.5, 0.6) is 0 Å². The summed E-state index contributed by atoms with van der Waals surface area (Å²) in [6.07, 6.45) is -4.35. The van der Waals surface area contributed by atoms with E-state index >= 15 is 0 Å². The van der Waals surface area contributed by atoms with Crippen molar-refractivity contribution in [3.8, 4) is 0 Å². The molecule has 2 fully saturated rings. The fourth-order valence-electron chi connectivity index (χ4n) is 3.44. The Morgan fingerprint density at radius 1 is 1.12 bits per heavy atom. The number of carboxylic acid groups (broad SMARTS) is 2. The van der Waals surface area contributed by atoms with E-state index in [1.165, 1.54) is 18.5 Å². The first kappa shape index (κ1) is 29.6. The third-order valence-electron chi connectivity index (χ3n) is 5.15. The number of methoxy groups -OCH3 is 1. The number of halogens is 6. The monoisotopic (exact) mass is 504 g/mol. The molecule has 1 aromatic rings. The fraction of sp³-hybridized carbons (Fsp3) is 0.650. The van der Waals surface area contributed by atoms with Crippen molar-refractivity contribution < 1.29 is 55.6 Å². The van der Waals surface area contributed by atoms with Gasteiger partial charge in [-0.3, -0.25) is 9.88 Å². The maximum atomic E-state index is 10.6. The first-order chi connectivity index (χ1) is 15.7. The van der Waals surface area contributed by atoms with E-state index < -0.39 is 24.3 Å². The second kappa shape index (κ2) is 12.9. The number of nitrogens with zero attached hydrogens (tertiary/aromatic N) is 2. The molecule has 0 bridgehead atoms. The molecule has 8 nitrogen and oxygen atoms in total. The Kier molecular flexibility index (Phi) is 11.2. The molecular weight excluding hydrogens is 478 g/mol. The summed E-state index contributed by atoms with van der Waals surface area (Å²) >= 11 is 0. The van der Waals surface area contributed by atoms with Gasteiger partial charge in [-0.15, -0.1) is 0 Å². The predicted molar refractivity (Wildman–Crippen MR) is 105 cm³/mol. The smallest absolute Gasteiger partial charge is 0.475 e. The minimum Gasteiger partial charge on any atom is -0.475 e. The van der Waals surface area contributed by atoms with Gasteiger partial charge in [0.1, 0.15) is 0 Å². The van der Waals surface area contributed by atoms with Crippen LogP contribution in [0.3, 0.4) is 0 Å². The Morgan fingerprint density at radius 2 is 1.65 bits per heavy atom. The SMILES string of the molecule is COCC1CC2(CCN(Cc3ccccn3)CC2)CO1.O=C(O)C(F)(F)F.O=C(O)C(F)(F)F. The van der Waals surface area contributed by atoms with Gasteiger partial charge in [0.25, 0.3) is 0 Å². The van der Waals surface area contributed by atoms with Crippen molar-refractivity contribution in [2.75, 3.05) is 33.4 Å². The molecular formula is C20H26F6N2O6. The maximum absolute atomic E-state index is 10.6. The zero-order valence-electron chi connectivity index (χ0n) is 18.2. The minimum absolute atomic E-state index is 0.308. The Bertz CT molecular complexity index is 743. The van der Waals surface area contributed by atoms with E-state index in [1.54, 1.807) is 7.11 Å². The van der Waals surface area contributed by atoms with E-state index in [0.29, 0.717) is 11.5 Å². The van der Waals surface area contributed by atoms with Gasteiger partial charge in [-0.05, 0) is 49.9 Å². The average Bonchev–Trinajstić information content (AvgIpc) is 3.13. The molecule has 3 heterocycles. The average molecular weight is 504 g/mol. The Labute approximate surface area is 191 Å². The van der Waals surface area contributed by atoms with Crippen LogP contribution in [0, 0.1) is 5.41 Å². The lowest BCUT2D eigenvalue weighted by Crippen LogP contribution is -2.40. The highest BCUT2D eigenvalue weighted by Crippen LogP contribution is 2.42. The number of rotatable bonds is 4. The van der Waals surface area contributed by atoms with Gasteiger partial charge in [0, 0.05) is 19.9 Å². The molecule has 1 aromatic heterocycles. The number of alkyl halides is 6. The van der Waals surface area contributed by atoms with Crippen molar-refractivity contribution >= 4 is 11.9 Å². The second-order valence-electron chi connectivity index (χ2n) is 7.80. The zero-order valence-corrected chi connectivity index (χ0v) is 18.2. The molecule has 1 spiro atoms. The number of hydrogen-bond donors (Lipinski definition) is 2. The highest BCUT2D eigenvalue weighted by atomic mass is 19.4. The third kappa shape index (κ3) is 10.7. The van der Waals surface area contributed by atoms with Gasteiger partial charge in [-0.2, -0.15) is 26.3 Å². The molecule has 34 heavy (non-hydrogen) atoms. The summed E-state index contributed by atoms with van der Waals surface area (Å²) in [7, 11) is 1.75. The number of pyridine rings is 1. The molecule has 1 unspecified atom stereocenters. The minimum atomic E-state index is -5.08. The topological polar surface area (TPSA) is 109 Å². The first-order valence-electron chi connectivity index (χ1n) is 10.0. The predicted octanol–water partition coefficient (Wildman–Crippen LogP) is 3.37. The molecule has 194 valence electrons. The molecule has 2 aliphatic heterocycles. The molecule has 14 heteroatoms. The summed E-state index contributed by atoms with van der Waals surface area (Å²) in [6.45, 7) is 4.93. The van der Waals surface area contributed by atoms with Crippen molar-refractivity contribution in [2.24, 2.45) is 5.41 Å². The largest absolute Gasteiger partial charge is 0.490 e. The van der Waals surface area contributed by atoms with Gasteiger partial charge in [-0.1, -0.05) is 6.07 Å². The number of aliphatic carboxylic acids is 2. The fourth-order valence-corrected chi connectivity index (χ4v) is 3.44. The molecule has 0 aliphatic carbocycles. The van der Waals surface area contributed by atoms with Crippen LogP contribution in [0.2, 0.25) is 0 Å². The van der Waals surface area contributed by atoms with Crippen molar-refractivity contribution in [3.05, 3.63) is 30.1 Å². The molecule has 0 amide bonds. The standard InChI is InChI=1S/C16H24N2O2.2C2HF3O2/c1-19-12-15-10-16(13-20-15)5-8-18(9-6-16)11-14-4-2-3-7-17-14;2*3-2(4,5)1(6)7/h2-4,7,15H,5-6,8-13H2,1H3;2*(H,6,7). The molecule has 2 aliphatic rings. The summed E-state index contributed by atoms with van der Waals surface area (Å²) in [5, 5.41) is 14.2. The molecule has 0 radical (unpaired) electrons. The van der Waals surface area contributed by atoms with E-state index in [2.05, 4.69) is 22.0 Å². The highest BCUT2D eigenvalue weighted by molar-refractivity contribution is 5.73. The summed E-state index contributed by atoms with van der Waals surface area (Å²) in [4.78, 5) is 24.7. The van der Waals surface area contributed by atoms with E-state index in [-0.39, 0.29) is 0 Å². The number of piperidine rings is 1. The van der Waals surface area contributed by atoms with Crippen LogP contribution >= 0.6 is 0 Å². The van der Waals surface area contributed by atoms with Crippen molar-refractivity contribution in [1.29, 1.82) is 0 Å². The molecule has 0 aromatic carbocycles. The van der Waals surface area contributed by atoms with Crippen LogP contribution < -0.4 is 0 Å². The summed E-state index contributed by atoms with van der Waals surface area (Å²) in [6, 6.07) is 6.14. The normalized spacial score (nSPS) is 20.0. The number of carbonyl (C=O) groups is 2.